The highest BCUT2D eigenvalue weighted by Gasteiger charge is 2.44. The van der Waals surface area contributed by atoms with Gasteiger partial charge in [-0.3, -0.25) is 4.79 Å². The number of benzene rings is 3. The third-order valence-electron chi connectivity index (χ3n) is 8.70. The minimum absolute atomic E-state index is 0.0596. The molecule has 3 atom stereocenters. The normalized spacial score (nSPS) is 22.9. The van der Waals surface area contributed by atoms with Crippen molar-refractivity contribution in [1.82, 2.24) is 9.62 Å². The lowest BCUT2D eigenvalue weighted by atomic mass is 9.88. The third-order valence-corrected chi connectivity index (χ3v) is 10.2. The van der Waals surface area contributed by atoms with E-state index in [-0.39, 0.29) is 28.7 Å². The second-order valence-corrected chi connectivity index (χ2v) is 12.9. The molecule has 7 nitrogen and oxygen atoms in total. The number of piperazine rings is 1. The molecule has 1 heterocycles. The molecule has 1 amide bonds. The molecular formula is C32H38N4O3S. The van der Waals surface area contributed by atoms with E-state index in [2.05, 4.69) is 45.0 Å². The summed E-state index contributed by atoms with van der Waals surface area (Å²) in [7, 11) is -3.87. The number of carbonyl (C=O) groups is 1. The zero-order valence-electron chi connectivity index (χ0n) is 23.1. The molecule has 0 radical (unpaired) electrons. The van der Waals surface area contributed by atoms with Crippen molar-refractivity contribution in [2.24, 2.45) is 5.92 Å². The molecule has 3 aliphatic rings. The van der Waals surface area contributed by atoms with Crippen LogP contribution in [0.15, 0.2) is 77.7 Å². The number of fused-ring (bicyclic) bond motifs is 1. The summed E-state index contributed by atoms with van der Waals surface area (Å²) in [6, 6.07) is 23.3. The molecule has 0 spiro atoms. The van der Waals surface area contributed by atoms with E-state index in [1.54, 1.807) is 6.07 Å². The first-order valence-corrected chi connectivity index (χ1v) is 16.0. The van der Waals surface area contributed by atoms with Gasteiger partial charge in [0.2, 0.25) is 15.9 Å². The van der Waals surface area contributed by atoms with Crippen LogP contribution >= 0.6 is 0 Å². The summed E-state index contributed by atoms with van der Waals surface area (Å²) in [6.45, 7) is 6.43. The van der Waals surface area contributed by atoms with Crippen LogP contribution in [0.3, 0.4) is 0 Å². The molecule has 2 aliphatic carbocycles. The van der Waals surface area contributed by atoms with Gasteiger partial charge in [-0.2, -0.15) is 0 Å². The van der Waals surface area contributed by atoms with E-state index in [1.165, 1.54) is 11.1 Å². The summed E-state index contributed by atoms with van der Waals surface area (Å²) >= 11 is 0. The van der Waals surface area contributed by atoms with Gasteiger partial charge in [0.1, 0.15) is 4.90 Å². The minimum Gasteiger partial charge on any atom is -0.368 e. The Morgan fingerprint density at radius 2 is 1.70 bits per heavy atom. The monoisotopic (exact) mass is 558 g/mol. The number of nitrogens with one attached hydrogen (secondary N) is 2. The van der Waals surface area contributed by atoms with Crippen LogP contribution in [0.1, 0.15) is 54.8 Å². The Hall–Kier alpha value is -3.20. The van der Waals surface area contributed by atoms with Gasteiger partial charge in [-0.1, -0.05) is 61.5 Å². The van der Waals surface area contributed by atoms with Gasteiger partial charge in [0.25, 0.3) is 0 Å². The Morgan fingerprint density at radius 3 is 2.48 bits per heavy atom. The van der Waals surface area contributed by atoms with Crippen LogP contribution in [0, 0.1) is 5.92 Å². The second kappa shape index (κ2) is 11.4. The highest BCUT2D eigenvalue weighted by molar-refractivity contribution is 7.89. The van der Waals surface area contributed by atoms with Crippen LogP contribution in [0.5, 0.6) is 0 Å². The molecular weight excluding hydrogens is 520 g/mol. The van der Waals surface area contributed by atoms with Gasteiger partial charge >= 0.3 is 0 Å². The Balaban J connectivity index is 1.27. The van der Waals surface area contributed by atoms with Gasteiger partial charge in [-0.15, -0.1) is 0 Å². The number of anilines is 2. The number of carbonyl (C=O) groups excluding carboxylic acids is 1. The van der Waals surface area contributed by atoms with Crippen molar-refractivity contribution >= 4 is 27.3 Å². The molecule has 0 bridgehead atoms. The zero-order valence-corrected chi connectivity index (χ0v) is 23.9. The average molecular weight is 559 g/mol. The standard InChI is InChI=1S/C32H38N4O3S/c1-2-35-17-19-36(20-18-35)30-16-15-25(33-32(37)28-22-27(28)24-9-4-3-5-10-24)21-31(30)40(38,39)34-29-14-8-12-23-11-6-7-13-26(23)29/h3-7,9-11,13,15-16,21,27-29,34H,2,8,12,14,17-20,22H2,1H3,(H,33,37)/t27-,28+,29+/m0/s1. The fourth-order valence-corrected chi connectivity index (χ4v) is 7.79. The van der Waals surface area contributed by atoms with Gasteiger partial charge in [0, 0.05) is 43.8 Å². The van der Waals surface area contributed by atoms with Gasteiger partial charge < -0.3 is 15.1 Å². The molecule has 3 aromatic carbocycles. The van der Waals surface area contributed by atoms with Crippen LogP contribution in [0.25, 0.3) is 0 Å². The lowest BCUT2D eigenvalue weighted by molar-refractivity contribution is -0.117. The molecule has 0 aromatic heterocycles. The topological polar surface area (TPSA) is 81.8 Å². The number of rotatable bonds is 8. The molecule has 8 heteroatoms. The van der Waals surface area contributed by atoms with Crippen molar-refractivity contribution in [3.8, 4) is 0 Å². The van der Waals surface area contributed by atoms with Gasteiger partial charge in [0.15, 0.2) is 0 Å². The molecule has 3 aromatic rings. The van der Waals surface area contributed by atoms with E-state index in [1.807, 2.05) is 48.5 Å². The van der Waals surface area contributed by atoms with Crippen molar-refractivity contribution in [2.45, 2.75) is 49.5 Å². The lowest BCUT2D eigenvalue weighted by Gasteiger charge is -2.36. The Morgan fingerprint density at radius 1 is 0.950 bits per heavy atom. The van der Waals surface area contributed by atoms with Gasteiger partial charge in [-0.25, -0.2) is 13.1 Å². The highest BCUT2D eigenvalue weighted by atomic mass is 32.2. The molecule has 0 unspecified atom stereocenters. The van der Waals surface area contributed by atoms with Crippen molar-refractivity contribution in [1.29, 1.82) is 0 Å². The van der Waals surface area contributed by atoms with Gasteiger partial charge in [0.05, 0.1) is 5.69 Å². The Labute approximate surface area is 237 Å². The number of hydrogen-bond donors (Lipinski definition) is 2. The average Bonchev–Trinajstić information content (AvgIpc) is 3.79. The fraction of sp³-hybridized carbons (Fsp3) is 0.406. The predicted octanol–water partition coefficient (Wildman–Crippen LogP) is 4.93. The number of amides is 1. The molecule has 1 saturated carbocycles. The first kappa shape index (κ1) is 27.0. The third kappa shape index (κ3) is 5.66. The first-order valence-electron chi connectivity index (χ1n) is 14.5. The first-order chi connectivity index (χ1) is 19.4. The summed E-state index contributed by atoms with van der Waals surface area (Å²) in [5, 5.41) is 3.02. The number of likely N-dealkylation sites (N-methyl/N-ethyl adjacent to an activating group) is 1. The maximum atomic E-state index is 14.1. The fourth-order valence-electron chi connectivity index (χ4n) is 6.29. The van der Waals surface area contributed by atoms with E-state index >= 15 is 0 Å². The molecule has 2 N–H and O–H groups in total. The van der Waals surface area contributed by atoms with E-state index in [9.17, 15) is 13.2 Å². The summed E-state index contributed by atoms with van der Waals surface area (Å²) < 4.78 is 31.1. The number of sulfonamides is 1. The zero-order chi connectivity index (χ0) is 27.7. The summed E-state index contributed by atoms with van der Waals surface area (Å²) in [5.74, 6) is 0.0587. The van der Waals surface area contributed by atoms with Crippen molar-refractivity contribution in [3.05, 3.63) is 89.5 Å². The van der Waals surface area contributed by atoms with E-state index in [4.69, 9.17) is 0 Å². The molecule has 210 valence electrons. The highest BCUT2D eigenvalue weighted by Crippen LogP contribution is 2.48. The minimum atomic E-state index is -3.87. The summed E-state index contributed by atoms with van der Waals surface area (Å²) in [4.78, 5) is 17.9. The summed E-state index contributed by atoms with van der Waals surface area (Å²) in [5.41, 5.74) is 4.64. The predicted molar refractivity (Wildman–Crippen MR) is 159 cm³/mol. The van der Waals surface area contributed by atoms with E-state index in [0.717, 1.165) is 64.0 Å². The number of nitrogens with zero attached hydrogens (tertiary/aromatic N) is 2. The molecule has 1 aliphatic heterocycles. The smallest absolute Gasteiger partial charge is 0.243 e. The number of aryl methyl sites for hydroxylation is 1. The summed E-state index contributed by atoms with van der Waals surface area (Å²) in [6.07, 6.45) is 3.48. The van der Waals surface area contributed by atoms with Crippen LogP contribution in [-0.2, 0) is 21.2 Å². The van der Waals surface area contributed by atoms with E-state index in [0.29, 0.717) is 11.4 Å². The van der Waals surface area contributed by atoms with Crippen LogP contribution in [0.2, 0.25) is 0 Å². The SMILES string of the molecule is CCN1CCN(c2ccc(NC(=O)[C@@H]3C[C@H]3c3ccccc3)cc2S(=O)(=O)N[C@@H]2CCCc3ccccc32)CC1. The maximum Gasteiger partial charge on any atom is 0.243 e. The maximum absolute atomic E-state index is 14.1. The van der Waals surface area contributed by atoms with Crippen LogP contribution < -0.4 is 14.9 Å². The molecule has 2 fully saturated rings. The number of hydrogen-bond acceptors (Lipinski definition) is 5. The van der Waals surface area contributed by atoms with Crippen molar-refractivity contribution < 1.29 is 13.2 Å². The van der Waals surface area contributed by atoms with Crippen LogP contribution in [0.4, 0.5) is 11.4 Å². The second-order valence-electron chi connectivity index (χ2n) is 11.2. The quantitative estimate of drug-likeness (QED) is 0.410. The molecule has 1 saturated heterocycles. The molecule has 6 rings (SSSR count). The van der Waals surface area contributed by atoms with E-state index < -0.39 is 10.0 Å². The largest absolute Gasteiger partial charge is 0.368 e. The van der Waals surface area contributed by atoms with Gasteiger partial charge in [-0.05, 0) is 73.0 Å². The molecule has 40 heavy (non-hydrogen) atoms. The Bertz CT molecular complexity index is 1470. The lowest BCUT2D eigenvalue weighted by Crippen LogP contribution is -2.46. The Kier molecular flexibility index (Phi) is 7.66. The van der Waals surface area contributed by atoms with Crippen LogP contribution in [-0.4, -0.2) is 51.9 Å². The van der Waals surface area contributed by atoms with Crippen molar-refractivity contribution in [3.63, 3.8) is 0 Å². The van der Waals surface area contributed by atoms with Crippen molar-refractivity contribution in [2.75, 3.05) is 42.9 Å².